The molecule has 1 aromatic carbocycles. The fourth-order valence-corrected chi connectivity index (χ4v) is 2.68. The van der Waals surface area contributed by atoms with Gasteiger partial charge < -0.3 is 9.84 Å². The molecule has 0 radical (unpaired) electrons. The van der Waals surface area contributed by atoms with Gasteiger partial charge in [-0.3, -0.25) is 4.79 Å². The van der Waals surface area contributed by atoms with E-state index in [0.29, 0.717) is 0 Å². The average Bonchev–Trinajstić information content (AvgIpc) is 2.61. The average molecular weight is 316 g/mol. The van der Waals surface area contributed by atoms with Crippen molar-refractivity contribution in [3.8, 4) is 5.75 Å². The van der Waals surface area contributed by atoms with E-state index in [4.69, 9.17) is 4.74 Å². The van der Waals surface area contributed by atoms with Crippen molar-refractivity contribution in [2.24, 2.45) is 11.0 Å². The molecule has 1 unspecified atom stereocenters. The molecule has 1 amide bonds. The van der Waals surface area contributed by atoms with Crippen LogP contribution in [-0.4, -0.2) is 30.9 Å². The number of aliphatic hydroxyl groups is 1. The number of methoxy groups -OCH3 is 1. The van der Waals surface area contributed by atoms with Crippen LogP contribution in [0.1, 0.15) is 37.7 Å². The summed E-state index contributed by atoms with van der Waals surface area (Å²) in [5.74, 6) is 0.504. The molecule has 1 aromatic rings. The largest absolute Gasteiger partial charge is 0.497 e. The number of nitrogens with zero attached hydrogens (tertiary/aromatic N) is 1. The van der Waals surface area contributed by atoms with E-state index in [0.717, 1.165) is 30.6 Å². The van der Waals surface area contributed by atoms with Crippen LogP contribution in [0, 0.1) is 5.92 Å². The fraction of sp³-hybridized carbons (Fsp3) is 0.444. The van der Waals surface area contributed by atoms with Crippen LogP contribution in [0.4, 0.5) is 0 Å². The smallest absolute Gasteiger partial charge is 0.240 e. The van der Waals surface area contributed by atoms with Crippen LogP contribution in [0.5, 0.6) is 5.75 Å². The second-order valence-electron chi connectivity index (χ2n) is 5.67. The molecule has 0 aromatic heterocycles. The minimum Gasteiger partial charge on any atom is -0.497 e. The van der Waals surface area contributed by atoms with Gasteiger partial charge in [0.1, 0.15) is 5.75 Å². The topological polar surface area (TPSA) is 70.9 Å². The summed E-state index contributed by atoms with van der Waals surface area (Å²) in [5.41, 5.74) is 4.60. The van der Waals surface area contributed by atoms with Crippen LogP contribution in [0.2, 0.25) is 0 Å². The zero-order valence-corrected chi connectivity index (χ0v) is 13.5. The molecule has 5 heteroatoms. The Kier molecular flexibility index (Phi) is 6.81. The standard InChI is InChI=1S/C18H24N2O3/c1-23-17-9-7-14(8-10-17)12-19-20-18(22)11-16(13-21)15-5-3-2-4-6-15/h5,7-10,12,16,21H,2-4,6,11,13H2,1H3,(H,20,22). The molecular formula is C18H24N2O3. The van der Waals surface area contributed by atoms with Gasteiger partial charge in [0.15, 0.2) is 0 Å². The van der Waals surface area contributed by atoms with Crippen molar-refractivity contribution in [1.82, 2.24) is 5.43 Å². The second-order valence-corrected chi connectivity index (χ2v) is 5.67. The fourth-order valence-electron chi connectivity index (χ4n) is 2.68. The summed E-state index contributed by atoms with van der Waals surface area (Å²) in [6, 6.07) is 7.39. The molecule has 2 N–H and O–H groups in total. The summed E-state index contributed by atoms with van der Waals surface area (Å²) in [7, 11) is 1.61. The molecule has 124 valence electrons. The highest BCUT2D eigenvalue weighted by atomic mass is 16.5. The van der Waals surface area contributed by atoms with E-state index in [1.807, 2.05) is 24.3 Å². The molecule has 5 nitrogen and oxygen atoms in total. The number of allylic oxidation sites excluding steroid dienone is 1. The summed E-state index contributed by atoms with van der Waals surface area (Å²) in [4.78, 5) is 12.0. The van der Waals surface area contributed by atoms with E-state index in [-0.39, 0.29) is 24.9 Å². The molecule has 1 aliphatic carbocycles. The lowest BCUT2D eigenvalue weighted by Crippen LogP contribution is -2.24. The van der Waals surface area contributed by atoms with Crippen molar-refractivity contribution in [3.05, 3.63) is 41.5 Å². The number of nitrogens with one attached hydrogen (secondary N) is 1. The Morgan fingerprint density at radius 1 is 1.39 bits per heavy atom. The maximum absolute atomic E-state index is 12.0. The Bertz CT molecular complexity index is 564. The number of hydrazone groups is 1. The molecule has 23 heavy (non-hydrogen) atoms. The first-order chi connectivity index (χ1) is 11.2. The third kappa shape index (κ3) is 5.53. The number of carbonyl (C=O) groups excluding carboxylic acids is 1. The van der Waals surface area contributed by atoms with Crippen LogP contribution in [0.15, 0.2) is 41.0 Å². The first-order valence-electron chi connectivity index (χ1n) is 7.98. The number of rotatable bonds is 7. The predicted octanol–water partition coefficient (Wildman–Crippen LogP) is 2.64. The molecule has 1 aliphatic rings. The maximum Gasteiger partial charge on any atom is 0.240 e. The molecule has 1 atom stereocenters. The molecule has 2 rings (SSSR count). The van der Waals surface area contributed by atoms with E-state index < -0.39 is 0 Å². The van der Waals surface area contributed by atoms with E-state index >= 15 is 0 Å². The summed E-state index contributed by atoms with van der Waals surface area (Å²) < 4.78 is 5.08. The molecular weight excluding hydrogens is 292 g/mol. The van der Waals surface area contributed by atoms with Crippen LogP contribution >= 0.6 is 0 Å². The molecule has 0 saturated carbocycles. The van der Waals surface area contributed by atoms with Crippen LogP contribution in [-0.2, 0) is 4.79 Å². The molecule has 0 aliphatic heterocycles. The minimum atomic E-state index is -0.180. The molecule has 0 saturated heterocycles. The Morgan fingerprint density at radius 3 is 2.78 bits per heavy atom. The Hall–Kier alpha value is -2.14. The number of aliphatic hydroxyl groups excluding tert-OH is 1. The monoisotopic (exact) mass is 316 g/mol. The maximum atomic E-state index is 12.0. The molecule has 0 spiro atoms. The highest BCUT2D eigenvalue weighted by molar-refractivity contribution is 5.82. The quantitative estimate of drug-likeness (QED) is 0.461. The Morgan fingerprint density at radius 2 is 2.17 bits per heavy atom. The summed E-state index contributed by atoms with van der Waals surface area (Å²) in [6.07, 6.45) is 8.38. The van der Waals surface area contributed by atoms with Gasteiger partial charge in [-0.05, 0) is 55.5 Å². The van der Waals surface area contributed by atoms with Crippen molar-refractivity contribution in [3.63, 3.8) is 0 Å². The third-order valence-corrected chi connectivity index (χ3v) is 4.02. The number of benzene rings is 1. The van der Waals surface area contributed by atoms with Gasteiger partial charge in [-0.15, -0.1) is 0 Å². The summed E-state index contributed by atoms with van der Waals surface area (Å²) >= 11 is 0. The zero-order chi connectivity index (χ0) is 16.5. The Balaban J connectivity index is 1.83. The molecule has 0 heterocycles. The first kappa shape index (κ1) is 17.2. The van der Waals surface area contributed by atoms with Gasteiger partial charge in [-0.1, -0.05) is 11.6 Å². The van der Waals surface area contributed by atoms with Crippen molar-refractivity contribution >= 4 is 12.1 Å². The number of carbonyl (C=O) groups is 1. The number of amides is 1. The number of hydrogen-bond acceptors (Lipinski definition) is 4. The SMILES string of the molecule is COc1ccc(C=NNC(=O)CC(CO)C2=CCCCC2)cc1. The molecule has 0 fully saturated rings. The van der Waals surface area contributed by atoms with Crippen molar-refractivity contribution < 1.29 is 14.6 Å². The van der Waals surface area contributed by atoms with Crippen molar-refractivity contribution in [2.75, 3.05) is 13.7 Å². The van der Waals surface area contributed by atoms with Crippen molar-refractivity contribution in [2.45, 2.75) is 32.1 Å². The van der Waals surface area contributed by atoms with E-state index in [1.165, 1.54) is 12.0 Å². The summed E-state index contributed by atoms with van der Waals surface area (Å²) in [6.45, 7) is 0.00144. The normalized spacial score (nSPS) is 16.0. The van der Waals surface area contributed by atoms with Gasteiger partial charge in [0.25, 0.3) is 0 Å². The van der Waals surface area contributed by atoms with Gasteiger partial charge in [-0.2, -0.15) is 5.10 Å². The van der Waals surface area contributed by atoms with Gasteiger partial charge in [0, 0.05) is 12.3 Å². The van der Waals surface area contributed by atoms with Crippen LogP contribution < -0.4 is 10.2 Å². The third-order valence-electron chi connectivity index (χ3n) is 4.02. The zero-order valence-electron chi connectivity index (χ0n) is 13.5. The van der Waals surface area contributed by atoms with Crippen LogP contribution in [0.25, 0.3) is 0 Å². The highest BCUT2D eigenvalue weighted by Gasteiger charge is 2.18. The van der Waals surface area contributed by atoms with Gasteiger partial charge in [0.2, 0.25) is 5.91 Å². The van der Waals surface area contributed by atoms with Gasteiger partial charge in [-0.25, -0.2) is 5.43 Å². The van der Waals surface area contributed by atoms with Crippen molar-refractivity contribution in [1.29, 1.82) is 0 Å². The predicted molar refractivity (Wildman–Crippen MR) is 90.5 cm³/mol. The lowest BCUT2D eigenvalue weighted by atomic mass is 9.87. The van der Waals surface area contributed by atoms with Gasteiger partial charge >= 0.3 is 0 Å². The van der Waals surface area contributed by atoms with Crippen LogP contribution in [0.3, 0.4) is 0 Å². The Labute approximate surface area is 137 Å². The highest BCUT2D eigenvalue weighted by Crippen LogP contribution is 2.26. The van der Waals surface area contributed by atoms with E-state index in [1.54, 1.807) is 13.3 Å². The van der Waals surface area contributed by atoms with Gasteiger partial charge in [0.05, 0.1) is 19.9 Å². The lowest BCUT2D eigenvalue weighted by Gasteiger charge is -2.20. The summed E-state index contributed by atoms with van der Waals surface area (Å²) in [5, 5.41) is 13.5. The van der Waals surface area contributed by atoms with E-state index in [9.17, 15) is 9.90 Å². The number of hydrogen-bond donors (Lipinski definition) is 2. The van der Waals surface area contributed by atoms with E-state index in [2.05, 4.69) is 16.6 Å². The molecule has 0 bridgehead atoms. The number of ether oxygens (including phenoxy) is 1. The first-order valence-corrected chi connectivity index (χ1v) is 7.98. The lowest BCUT2D eigenvalue weighted by molar-refractivity contribution is -0.122. The minimum absolute atomic E-state index is 0.00144. The second kappa shape index (κ2) is 9.10.